The van der Waals surface area contributed by atoms with Crippen LogP contribution in [0.3, 0.4) is 0 Å². The van der Waals surface area contributed by atoms with E-state index in [1.807, 2.05) is 60.9 Å². The number of aromatic nitrogens is 3. The number of rotatable bonds is 7. The molecule has 0 saturated carbocycles. The average Bonchev–Trinajstić information content (AvgIpc) is 3.22. The van der Waals surface area contributed by atoms with Gasteiger partial charge in [0.15, 0.2) is 11.0 Å². The first-order valence-corrected chi connectivity index (χ1v) is 11.8. The summed E-state index contributed by atoms with van der Waals surface area (Å²) in [5, 5.41) is 15.1. The first kappa shape index (κ1) is 23.3. The number of amides is 2. The van der Waals surface area contributed by atoms with Gasteiger partial charge in [-0.25, -0.2) is 0 Å². The lowest BCUT2D eigenvalue weighted by Crippen LogP contribution is -2.15. The van der Waals surface area contributed by atoms with Gasteiger partial charge in [-0.3, -0.25) is 14.2 Å². The van der Waals surface area contributed by atoms with E-state index in [9.17, 15) is 9.59 Å². The summed E-state index contributed by atoms with van der Waals surface area (Å²) < 4.78 is 1.98. The van der Waals surface area contributed by atoms with Gasteiger partial charge in [-0.15, -0.1) is 10.2 Å². The van der Waals surface area contributed by atoms with Crippen LogP contribution in [0.1, 0.15) is 18.1 Å². The fraction of sp³-hybridized carbons (Fsp3) is 0.154. The Morgan fingerprint density at radius 3 is 2.26 bits per heavy atom. The van der Waals surface area contributed by atoms with Crippen molar-refractivity contribution in [2.24, 2.45) is 0 Å². The number of carbonyl (C=O) groups excluding carboxylic acids is 2. The second-order valence-electron chi connectivity index (χ2n) is 7.95. The van der Waals surface area contributed by atoms with Gasteiger partial charge < -0.3 is 10.6 Å². The normalized spacial score (nSPS) is 10.7. The van der Waals surface area contributed by atoms with Gasteiger partial charge >= 0.3 is 0 Å². The molecule has 2 amide bonds. The minimum Gasteiger partial charge on any atom is -0.326 e. The number of benzene rings is 3. The lowest BCUT2D eigenvalue weighted by Gasteiger charge is -2.11. The Morgan fingerprint density at radius 2 is 1.56 bits per heavy atom. The first-order chi connectivity index (χ1) is 16.4. The summed E-state index contributed by atoms with van der Waals surface area (Å²) in [6.07, 6.45) is 0. The van der Waals surface area contributed by atoms with Gasteiger partial charge in [0, 0.05) is 29.5 Å². The Hall–Kier alpha value is -3.91. The highest BCUT2D eigenvalue weighted by molar-refractivity contribution is 7.99. The van der Waals surface area contributed by atoms with Crippen LogP contribution in [-0.2, 0) is 9.59 Å². The smallest absolute Gasteiger partial charge is 0.234 e. The van der Waals surface area contributed by atoms with Crippen molar-refractivity contribution in [3.63, 3.8) is 0 Å². The highest BCUT2D eigenvalue weighted by Gasteiger charge is 2.17. The Bertz CT molecular complexity index is 1330. The molecule has 4 aromatic rings. The van der Waals surface area contributed by atoms with Crippen molar-refractivity contribution in [2.45, 2.75) is 25.9 Å². The van der Waals surface area contributed by atoms with Crippen LogP contribution in [0.4, 0.5) is 11.4 Å². The second kappa shape index (κ2) is 10.4. The Balaban J connectivity index is 1.55. The molecule has 0 spiro atoms. The van der Waals surface area contributed by atoms with E-state index in [4.69, 9.17) is 0 Å². The van der Waals surface area contributed by atoms with Crippen molar-refractivity contribution in [3.05, 3.63) is 83.9 Å². The van der Waals surface area contributed by atoms with Gasteiger partial charge in [-0.1, -0.05) is 59.3 Å². The predicted octanol–water partition coefficient (Wildman–Crippen LogP) is 5.24. The monoisotopic (exact) mass is 471 g/mol. The summed E-state index contributed by atoms with van der Waals surface area (Å²) >= 11 is 1.32. The molecule has 0 fully saturated rings. The van der Waals surface area contributed by atoms with Crippen molar-refractivity contribution in [3.8, 4) is 17.1 Å². The zero-order valence-corrected chi connectivity index (χ0v) is 20.0. The van der Waals surface area contributed by atoms with E-state index in [1.54, 1.807) is 24.3 Å². The van der Waals surface area contributed by atoms with Crippen molar-refractivity contribution in [2.75, 3.05) is 16.4 Å². The molecule has 0 aliphatic heterocycles. The summed E-state index contributed by atoms with van der Waals surface area (Å²) in [5.74, 6) is 0.528. The Morgan fingerprint density at radius 1 is 0.853 bits per heavy atom. The molecule has 0 aliphatic rings. The predicted molar refractivity (Wildman–Crippen MR) is 136 cm³/mol. The molecule has 2 N–H and O–H groups in total. The van der Waals surface area contributed by atoms with E-state index >= 15 is 0 Å². The summed E-state index contributed by atoms with van der Waals surface area (Å²) in [6, 6.07) is 23.3. The molecule has 3 aromatic carbocycles. The molecule has 0 unspecified atom stereocenters. The lowest BCUT2D eigenvalue weighted by molar-refractivity contribution is -0.114. The number of nitrogens with zero attached hydrogens (tertiary/aromatic N) is 3. The minimum atomic E-state index is -0.180. The molecule has 0 radical (unpaired) electrons. The number of aryl methyl sites for hydroxylation is 2. The number of hydrogen-bond donors (Lipinski definition) is 2. The second-order valence-corrected chi connectivity index (χ2v) is 8.89. The fourth-order valence-corrected chi connectivity index (χ4v) is 4.22. The van der Waals surface area contributed by atoms with Crippen LogP contribution in [0.2, 0.25) is 0 Å². The molecule has 0 saturated heterocycles. The maximum Gasteiger partial charge on any atom is 0.234 e. The highest BCUT2D eigenvalue weighted by atomic mass is 32.2. The largest absolute Gasteiger partial charge is 0.326 e. The van der Waals surface area contributed by atoms with Crippen LogP contribution >= 0.6 is 11.8 Å². The van der Waals surface area contributed by atoms with Crippen molar-refractivity contribution >= 4 is 35.0 Å². The van der Waals surface area contributed by atoms with Gasteiger partial charge in [0.1, 0.15) is 0 Å². The van der Waals surface area contributed by atoms with Crippen LogP contribution in [0.25, 0.3) is 17.1 Å². The van der Waals surface area contributed by atoms with Crippen molar-refractivity contribution < 1.29 is 9.59 Å². The average molecular weight is 472 g/mol. The molecule has 0 aliphatic carbocycles. The molecule has 0 bridgehead atoms. The molecule has 4 rings (SSSR count). The summed E-state index contributed by atoms with van der Waals surface area (Å²) in [6.45, 7) is 5.52. The standard InChI is InChI=1S/C26H25N5O2S/c1-17-10-12-23(13-11-17)31-25(20-7-4-6-18(2)14-20)29-30-26(31)34-16-24(33)28-22-9-5-8-21(15-22)27-19(3)32/h4-15H,16H2,1-3H3,(H,27,32)(H,28,33). The van der Waals surface area contributed by atoms with E-state index in [0.717, 1.165) is 28.2 Å². The molecule has 172 valence electrons. The highest BCUT2D eigenvalue weighted by Crippen LogP contribution is 2.29. The molecule has 0 atom stereocenters. The number of hydrogen-bond acceptors (Lipinski definition) is 5. The molecule has 34 heavy (non-hydrogen) atoms. The minimum absolute atomic E-state index is 0.155. The first-order valence-electron chi connectivity index (χ1n) is 10.8. The number of anilines is 2. The van der Waals surface area contributed by atoms with Crippen LogP contribution < -0.4 is 10.6 Å². The van der Waals surface area contributed by atoms with Crippen molar-refractivity contribution in [1.82, 2.24) is 14.8 Å². The summed E-state index contributed by atoms with van der Waals surface area (Å²) in [7, 11) is 0. The zero-order valence-electron chi connectivity index (χ0n) is 19.2. The van der Waals surface area contributed by atoms with Crippen LogP contribution in [0.5, 0.6) is 0 Å². The van der Waals surface area contributed by atoms with Gasteiger partial charge in [0.2, 0.25) is 11.8 Å². The summed E-state index contributed by atoms with van der Waals surface area (Å²) in [4.78, 5) is 23.9. The molecule has 7 nitrogen and oxygen atoms in total. The number of thioether (sulfide) groups is 1. The third-order valence-corrected chi connectivity index (χ3v) is 5.93. The van der Waals surface area contributed by atoms with E-state index in [-0.39, 0.29) is 17.6 Å². The van der Waals surface area contributed by atoms with Crippen LogP contribution in [0, 0.1) is 13.8 Å². The van der Waals surface area contributed by atoms with Gasteiger partial charge in [0.25, 0.3) is 0 Å². The van der Waals surface area contributed by atoms with Gasteiger partial charge in [-0.05, 0) is 50.2 Å². The Kier molecular flexibility index (Phi) is 7.08. The maximum absolute atomic E-state index is 12.7. The van der Waals surface area contributed by atoms with Gasteiger partial charge in [0.05, 0.1) is 5.75 Å². The third-order valence-electron chi connectivity index (χ3n) is 5.00. The van der Waals surface area contributed by atoms with Crippen LogP contribution in [-0.4, -0.2) is 32.3 Å². The van der Waals surface area contributed by atoms with Gasteiger partial charge in [-0.2, -0.15) is 0 Å². The molecular formula is C26H25N5O2S. The van der Waals surface area contributed by atoms with E-state index in [2.05, 4.69) is 26.9 Å². The maximum atomic E-state index is 12.7. The molecule has 1 heterocycles. The summed E-state index contributed by atoms with van der Waals surface area (Å²) in [5.41, 5.74) is 5.41. The number of nitrogens with one attached hydrogen (secondary N) is 2. The molecule has 8 heteroatoms. The Labute approximate surface area is 202 Å². The number of carbonyl (C=O) groups is 2. The SMILES string of the molecule is CC(=O)Nc1cccc(NC(=O)CSc2nnc(-c3cccc(C)c3)n2-c2ccc(C)cc2)c1. The van der Waals surface area contributed by atoms with Crippen molar-refractivity contribution in [1.29, 1.82) is 0 Å². The molecular weight excluding hydrogens is 446 g/mol. The van der Waals surface area contributed by atoms with E-state index < -0.39 is 0 Å². The van der Waals surface area contributed by atoms with Crippen LogP contribution in [0.15, 0.2) is 78.0 Å². The molecule has 1 aromatic heterocycles. The third kappa shape index (κ3) is 5.71. The fourth-order valence-electron chi connectivity index (χ4n) is 3.47. The topological polar surface area (TPSA) is 88.9 Å². The lowest BCUT2D eigenvalue weighted by atomic mass is 10.1. The quantitative estimate of drug-likeness (QED) is 0.360. The van der Waals surface area contributed by atoms with E-state index in [0.29, 0.717) is 16.5 Å². The zero-order chi connectivity index (χ0) is 24.1. The van der Waals surface area contributed by atoms with E-state index in [1.165, 1.54) is 18.7 Å².